The maximum Gasteiger partial charge on any atom is 0.306 e. The Morgan fingerprint density at radius 1 is 0.611 bits per heavy atom. The van der Waals surface area contributed by atoms with Crippen LogP contribution in [0, 0.1) is 0 Å². The smallest absolute Gasteiger partial charge is 0.306 e. The molecule has 0 radical (unpaired) electrons. The SMILES string of the molecule is CCCCC/C=C\C/C=C\CCCCCCCC(=O)OC(CCCC)CCCCCCCCC(=O)O. The zero-order chi connectivity index (χ0) is 26.5. The Morgan fingerprint density at radius 2 is 1.11 bits per heavy atom. The van der Waals surface area contributed by atoms with E-state index < -0.39 is 5.97 Å². The van der Waals surface area contributed by atoms with Gasteiger partial charge in [-0.25, -0.2) is 0 Å². The number of allylic oxidation sites excluding steroid dienone is 4. The normalized spacial score (nSPS) is 12.5. The molecule has 36 heavy (non-hydrogen) atoms. The number of hydrogen-bond donors (Lipinski definition) is 1. The van der Waals surface area contributed by atoms with Crippen LogP contribution in [0.25, 0.3) is 0 Å². The van der Waals surface area contributed by atoms with Gasteiger partial charge in [-0.3, -0.25) is 9.59 Å². The van der Waals surface area contributed by atoms with E-state index in [-0.39, 0.29) is 18.5 Å². The first-order valence-electron chi connectivity index (χ1n) is 15.3. The Hall–Kier alpha value is -1.58. The molecule has 1 N–H and O–H groups in total. The predicted molar refractivity (Wildman–Crippen MR) is 153 cm³/mol. The molecule has 0 saturated carbocycles. The molecule has 1 atom stereocenters. The maximum atomic E-state index is 12.3. The zero-order valence-corrected chi connectivity index (χ0v) is 23.8. The molecule has 0 aromatic rings. The number of aliphatic carboxylic acids is 1. The fourth-order valence-electron chi connectivity index (χ4n) is 4.37. The summed E-state index contributed by atoms with van der Waals surface area (Å²) in [7, 11) is 0. The molecule has 0 fully saturated rings. The van der Waals surface area contributed by atoms with Gasteiger partial charge in [0.1, 0.15) is 6.10 Å². The summed E-state index contributed by atoms with van der Waals surface area (Å²) in [6.45, 7) is 4.42. The molecule has 0 saturated heterocycles. The second-order valence-electron chi connectivity index (χ2n) is 10.3. The second-order valence-corrected chi connectivity index (χ2v) is 10.3. The molecule has 0 aliphatic rings. The number of carboxylic acid groups (broad SMARTS) is 1. The summed E-state index contributed by atoms with van der Waals surface area (Å²) >= 11 is 0. The average molecular weight is 507 g/mol. The van der Waals surface area contributed by atoms with Crippen LogP contribution in [-0.4, -0.2) is 23.1 Å². The summed E-state index contributed by atoms with van der Waals surface area (Å²) < 4.78 is 5.82. The van der Waals surface area contributed by atoms with Crippen molar-refractivity contribution in [3.63, 3.8) is 0 Å². The van der Waals surface area contributed by atoms with Crippen molar-refractivity contribution in [2.24, 2.45) is 0 Å². The number of hydrogen-bond acceptors (Lipinski definition) is 3. The van der Waals surface area contributed by atoms with E-state index in [1.165, 1.54) is 44.9 Å². The van der Waals surface area contributed by atoms with Gasteiger partial charge >= 0.3 is 11.9 Å². The largest absolute Gasteiger partial charge is 0.481 e. The molecule has 0 amide bonds. The third-order valence-electron chi connectivity index (χ3n) is 6.68. The lowest BCUT2D eigenvalue weighted by Crippen LogP contribution is -2.18. The molecular weight excluding hydrogens is 448 g/mol. The first kappa shape index (κ1) is 34.4. The van der Waals surface area contributed by atoms with Gasteiger partial charge in [0.2, 0.25) is 0 Å². The number of esters is 1. The highest BCUT2D eigenvalue weighted by molar-refractivity contribution is 5.69. The molecule has 4 nitrogen and oxygen atoms in total. The van der Waals surface area contributed by atoms with Crippen molar-refractivity contribution in [2.75, 3.05) is 0 Å². The van der Waals surface area contributed by atoms with E-state index in [0.717, 1.165) is 89.9 Å². The van der Waals surface area contributed by atoms with Gasteiger partial charge in [-0.2, -0.15) is 0 Å². The van der Waals surface area contributed by atoms with Crippen LogP contribution in [-0.2, 0) is 14.3 Å². The van der Waals surface area contributed by atoms with E-state index in [1.807, 2.05) is 0 Å². The van der Waals surface area contributed by atoms with E-state index in [9.17, 15) is 9.59 Å². The van der Waals surface area contributed by atoms with Gasteiger partial charge in [-0.15, -0.1) is 0 Å². The van der Waals surface area contributed by atoms with Crippen LogP contribution in [0.1, 0.15) is 162 Å². The fraction of sp³-hybridized carbons (Fsp3) is 0.812. The Morgan fingerprint density at radius 3 is 1.72 bits per heavy atom. The zero-order valence-electron chi connectivity index (χ0n) is 23.8. The van der Waals surface area contributed by atoms with Crippen LogP contribution in [0.4, 0.5) is 0 Å². The van der Waals surface area contributed by atoms with Crippen molar-refractivity contribution in [2.45, 2.75) is 168 Å². The Labute approximate surface area is 223 Å². The Kier molecular flexibility index (Phi) is 26.8. The van der Waals surface area contributed by atoms with Crippen LogP contribution >= 0.6 is 0 Å². The third-order valence-corrected chi connectivity index (χ3v) is 6.68. The van der Waals surface area contributed by atoms with E-state index in [2.05, 4.69) is 38.2 Å². The lowest BCUT2D eigenvalue weighted by molar-refractivity contribution is -0.150. The molecule has 0 spiro atoms. The van der Waals surface area contributed by atoms with Gasteiger partial charge in [0, 0.05) is 12.8 Å². The Balaban J connectivity index is 3.73. The molecule has 0 heterocycles. The summed E-state index contributed by atoms with van der Waals surface area (Å²) in [6, 6.07) is 0. The molecule has 1 unspecified atom stereocenters. The van der Waals surface area contributed by atoms with Crippen molar-refractivity contribution in [1.29, 1.82) is 0 Å². The van der Waals surface area contributed by atoms with E-state index in [0.29, 0.717) is 6.42 Å². The summed E-state index contributed by atoms with van der Waals surface area (Å²) in [5.41, 5.74) is 0. The van der Waals surface area contributed by atoms with Gasteiger partial charge < -0.3 is 9.84 Å². The van der Waals surface area contributed by atoms with Crippen LogP contribution in [0.2, 0.25) is 0 Å². The molecule has 0 aliphatic carbocycles. The topological polar surface area (TPSA) is 63.6 Å². The minimum Gasteiger partial charge on any atom is -0.481 e. The summed E-state index contributed by atoms with van der Waals surface area (Å²) in [4.78, 5) is 22.9. The summed E-state index contributed by atoms with van der Waals surface area (Å²) in [6.07, 6.45) is 33.6. The average Bonchev–Trinajstić information content (AvgIpc) is 2.86. The molecule has 0 aromatic heterocycles. The van der Waals surface area contributed by atoms with Crippen LogP contribution < -0.4 is 0 Å². The van der Waals surface area contributed by atoms with Crippen molar-refractivity contribution in [3.8, 4) is 0 Å². The lowest BCUT2D eigenvalue weighted by atomic mass is 10.0. The minimum absolute atomic E-state index is 0.0181. The molecule has 0 rings (SSSR count). The lowest BCUT2D eigenvalue weighted by Gasteiger charge is -2.18. The van der Waals surface area contributed by atoms with Crippen molar-refractivity contribution in [3.05, 3.63) is 24.3 Å². The first-order chi connectivity index (χ1) is 17.6. The number of carbonyl (C=O) groups excluding carboxylic acids is 1. The van der Waals surface area contributed by atoms with Gasteiger partial charge in [0.15, 0.2) is 0 Å². The second kappa shape index (κ2) is 28.0. The fourth-order valence-corrected chi connectivity index (χ4v) is 4.37. The molecule has 4 heteroatoms. The Bertz CT molecular complexity index is 552. The van der Waals surface area contributed by atoms with Crippen LogP contribution in [0.15, 0.2) is 24.3 Å². The highest BCUT2D eigenvalue weighted by atomic mass is 16.5. The summed E-state index contributed by atoms with van der Waals surface area (Å²) in [5.74, 6) is -0.717. The molecule has 0 aliphatic heterocycles. The molecule has 0 bridgehead atoms. The van der Waals surface area contributed by atoms with Gasteiger partial charge in [0.25, 0.3) is 0 Å². The maximum absolute atomic E-state index is 12.3. The van der Waals surface area contributed by atoms with E-state index in [1.54, 1.807) is 0 Å². The van der Waals surface area contributed by atoms with Crippen LogP contribution in [0.5, 0.6) is 0 Å². The minimum atomic E-state index is -0.699. The number of ether oxygens (including phenoxy) is 1. The van der Waals surface area contributed by atoms with E-state index >= 15 is 0 Å². The predicted octanol–water partition coefficient (Wildman–Crippen LogP) is 10.1. The molecular formula is C32H58O4. The standard InChI is InChI=1S/C32H58O4/c1-3-5-7-8-9-10-11-12-13-14-15-16-17-22-25-29-32(35)36-30(26-6-4-2)27-23-20-18-19-21-24-28-31(33)34/h9-10,12-13,30H,3-8,11,14-29H2,1-2H3,(H,33,34)/b10-9-,13-12-. The molecule has 210 valence electrons. The number of carboxylic acids is 1. The van der Waals surface area contributed by atoms with Gasteiger partial charge in [0.05, 0.1) is 0 Å². The number of carbonyl (C=O) groups is 2. The van der Waals surface area contributed by atoms with Crippen molar-refractivity contribution in [1.82, 2.24) is 0 Å². The quantitative estimate of drug-likeness (QED) is 0.0683. The highest BCUT2D eigenvalue weighted by Gasteiger charge is 2.13. The third kappa shape index (κ3) is 27.0. The molecule has 0 aromatic carbocycles. The monoisotopic (exact) mass is 506 g/mol. The van der Waals surface area contributed by atoms with Crippen LogP contribution in [0.3, 0.4) is 0 Å². The van der Waals surface area contributed by atoms with Gasteiger partial charge in [-0.1, -0.05) is 109 Å². The summed E-state index contributed by atoms with van der Waals surface area (Å²) in [5, 5.41) is 8.68. The van der Waals surface area contributed by atoms with E-state index in [4.69, 9.17) is 9.84 Å². The first-order valence-corrected chi connectivity index (χ1v) is 15.3. The number of rotatable bonds is 27. The van der Waals surface area contributed by atoms with Crippen molar-refractivity contribution >= 4 is 11.9 Å². The highest BCUT2D eigenvalue weighted by Crippen LogP contribution is 2.17. The van der Waals surface area contributed by atoms with Gasteiger partial charge in [-0.05, 0) is 64.2 Å². The van der Waals surface area contributed by atoms with Crippen molar-refractivity contribution < 1.29 is 19.4 Å². The number of unbranched alkanes of at least 4 members (excludes halogenated alkanes) is 14.